The molecule has 0 aromatic heterocycles. The molecular weight excluding hydrogens is 152 g/mol. The molecule has 1 aromatic carbocycles. The van der Waals surface area contributed by atoms with E-state index in [1.54, 1.807) is 12.2 Å². The summed E-state index contributed by atoms with van der Waals surface area (Å²) in [5.74, 6) is 0. The lowest BCUT2D eigenvalue weighted by Crippen LogP contribution is -1.77. The SMILES string of the molecule is C=Cc1ccc(S)c(C=C)c1. The summed E-state index contributed by atoms with van der Waals surface area (Å²) in [7, 11) is 0. The molecule has 0 nitrogen and oxygen atoms in total. The molecule has 0 saturated carbocycles. The van der Waals surface area contributed by atoms with E-state index in [-0.39, 0.29) is 0 Å². The molecule has 1 rings (SSSR count). The van der Waals surface area contributed by atoms with E-state index >= 15 is 0 Å². The molecule has 0 unspecified atom stereocenters. The molecule has 0 amide bonds. The lowest BCUT2D eigenvalue weighted by molar-refractivity contribution is 1.42. The van der Waals surface area contributed by atoms with E-state index in [1.807, 2.05) is 18.2 Å². The highest BCUT2D eigenvalue weighted by Gasteiger charge is 1.93. The number of thiol groups is 1. The highest BCUT2D eigenvalue weighted by atomic mass is 32.1. The summed E-state index contributed by atoms with van der Waals surface area (Å²) in [6.45, 7) is 7.36. The van der Waals surface area contributed by atoms with Gasteiger partial charge in [0.25, 0.3) is 0 Å². The van der Waals surface area contributed by atoms with Crippen LogP contribution in [0.3, 0.4) is 0 Å². The third kappa shape index (κ3) is 1.75. The molecule has 0 spiro atoms. The van der Waals surface area contributed by atoms with Gasteiger partial charge in [0.2, 0.25) is 0 Å². The van der Waals surface area contributed by atoms with Crippen molar-refractivity contribution < 1.29 is 0 Å². The average molecular weight is 162 g/mol. The minimum atomic E-state index is 0.950. The van der Waals surface area contributed by atoms with Crippen molar-refractivity contribution in [2.75, 3.05) is 0 Å². The Kier molecular flexibility index (Phi) is 2.55. The number of hydrogen-bond donors (Lipinski definition) is 1. The van der Waals surface area contributed by atoms with E-state index in [4.69, 9.17) is 0 Å². The second-order valence-corrected chi connectivity index (χ2v) is 2.71. The van der Waals surface area contributed by atoms with Crippen LogP contribution in [0, 0.1) is 0 Å². The van der Waals surface area contributed by atoms with Crippen LogP contribution >= 0.6 is 12.6 Å². The maximum absolute atomic E-state index is 4.26. The third-order valence-corrected chi connectivity index (χ3v) is 1.91. The molecule has 1 heteroatoms. The first-order valence-electron chi connectivity index (χ1n) is 3.36. The van der Waals surface area contributed by atoms with Gasteiger partial charge in [-0.1, -0.05) is 31.4 Å². The largest absolute Gasteiger partial charge is 0.143 e. The first-order valence-corrected chi connectivity index (χ1v) is 3.80. The number of hydrogen-bond acceptors (Lipinski definition) is 1. The molecule has 0 radical (unpaired) electrons. The molecule has 0 aliphatic carbocycles. The van der Waals surface area contributed by atoms with Crippen molar-refractivity contribution in [2.45, 2.75) is 4.90 Å². The van der Waals surface area contributed by atoms with E-state index in [1.165, 1.54) is 0 Å². The fourth-order valence-electron chi connectivity index (χ4n) is 0.863. The molecule has 0 aliphatic heterocycles. The summed E-state index contributed by atoms with van der Waals surface area (Å²) in [5.41, 5.74) is 2.14. The van der Waals surface area contributed by atoms with Crippen molar-refractivity contribution in [3.8, 4) is 0 Å². The Labute approximate surface area is 72.7 Å². The second kappa shape index (κ2) is 3.44. The van der Waals surface area contributed by atoms with Crippen LogP contribution in [0.5, 0.6) is 0 Å². The first-order chi connectivity index (χ1) is 5.27. The van der Waals surface area contributed by atoms with Gasteiger partial charge < -0.3 is 0 Å². The summed E-state index contributed by atoms with van der Waals surface area (Å²) < 4.78 is 0. The summed E-state index contributed by atoms with van der Waals surface area (Å²) in [4.78, 5) is 0.950. The van der Waals surface area contributed by atoms with Crippen molar-refractivity contribution >= 4 is 24.8 Å². The Morgan fingerprint density at radius 1 is 1.18 bits per heavy atom. The van der Waals surface area contributed by atoms with Crippen molar-refractivity contribution in [1.29, 1.82) is 0 Å². The van der Waals surface area contributed by atoms with Gasteiger partial charge in [-0.2, -0.15) is 0 Å². The van der Waals surface area contributed by atoms with E-state index in [0.29, 0.717) is 0 Å². The smallest absolute Gasteiger partial charge is 0.0113 e. The number of benzene rings is 1. The molecule has 0 bridgehead atoms. The quantitative estimate of drug-likeness (QED) is 0.634. The molecule has 0 aliphatic rings. The van der Waals surface area contributed by atoms with Crippen LogP contribution in [0.4, 0.5) is 0 Å². The predicted molar refractivity (Wildman–Crippen MR) is 53.9 cm³/mol. The molecule has 0 atom stereocenters. The predicted octanol–water partition coefficient (Wildman–Crippen LogP) is 3.26. The topological polar surface area (TPSA) is 0 Å². The van der Waals surface area contributed by atoms with Gasteiger partial charge in [-0.05, 0) is 23.3 Å². The van der Waals surface area contributed by atoms with Gasteiger partial charge in [0.15, 0.2) is 0 Å². The molecule has 0 saturated heterocycles. The van der Waals surface area contributed by atoms with Gasteiger partial charge in [-0.15, -0.1) is 12.6 Å². The van der Waals surface area contributed by atoms with Gasteiger partial charge in [-0.3, -0.25) is 0 Å². The minimum absolute atomic E-state index is 0.950. The van der Waals surface area contributed by atoms with Crippen LogP contribution in [0.1, 0.15) is 11.1 Å². The lowest BCUT2D eigenvalue weighted by atomic mass is 10.1. The van der Waals surface area contributed by atoms with Gasteiger partial charge in [0.05, 0.1) is 0 Å². The zero-order valence-corrected chi connectivity index (χ0v) is 7.14. The Morgan fingerprint density at radius 3 is 2.45 bits per heavy atom. The maximum atomic E-state index is 4.26. The molecule has 0 fully saturated rings. The Bertz CT molecular complexity index is 287. The van der Waals surface area contributed by atoms with Gasteiger partial charge in [-0.25, -0.2) is 0 Å². The van der Waals surface area contributed by atoms with E-state index in [0.717, 1.165) is 16.0 Å². The zero-order chi connectivity index (χ0) is 8.27. The zero-order valence-electron chi connectivity index (χ0n) is 6.25. The number of rotatable bonds is 2. The summed E-state index contributed by atoms with van der Waals surface area (Å²) in [6.07, 6.45) is 3.59. The van der Waals surface area contributed by atoms with Crippen LogP contribution in [0.2, 0.25) is 0 Å². The van der Waals surface area contributed by atoms with Crippen molar-refractivity contribution in [1.82, 2.24) is 0 Å². The van der Waals surface area contributed by atoms with Crippen molar-refractivity contribution in [3.05, 3.63) is 42.5 Å². The average Bonchev–Trinajstić information content (AvgIpc) is 2.05. The van der Waals surface area contributed by atoms with E-state index in [9.17, 15) is 0 Å². The van der Waals surface area contributed by atoms with Crippen LogP contribution in [-0.2, 0) is 0 Å². The standard InChI is InChI=1S/C10H10S/c1-3-8-5-6-10(11)9(4-2)7-8/h3-7,11H,1-2H2. The monoisotopic (exact) mass is 162 g/mol. The Balaban J connectivity index is 3.22. The fourth-order valence-corrected chi connectivity index (χ4v) is 1.09. The summed E-state index contributed by atoms with van der Waals surface area (Å²) in [6, 6.07) is 5.92. The summed E-state index contributed by atoms with van der Waals surface area (Å²) >= 11 is 4.26. The molecule has 56 valence electrons. The molecular formula is C10H10S. The maximum Gasteiger partial charge on any atom is 0.0113 e. The Morgan fingerprint density at radius 2 is 1.91 bits per heavy atom. The van der Waals surface area contributed by atoms with Crippen molar-refractivity contribution in [3.63, 3.8) is 0 Å². The van der Waals surface area contributed by atoms with Crippen LogP contribution < -0.4 is 0 Å². The van der Waals surface area contributed by atoms with Gasteiger partial charge in [0, 0.05) is 4.90 Å². The molecule has 0 N–H and O–H groups in total. The van der Waals surface area contributed by atoms with Gasteiger partial charge in [0.1, 0.15) is 0 Å². The molecule has 11 heavy (non-hydrogen) atoms. The van der Waals surface area contributed by atoms with Crippen LogP contribution in [0.25, 0.3) is 12.2 Å². The first kappa shape index (κ1) is 8.15. The van der Waals surface area contributed by atoms with E-state index < -0.39 is 0 Å². The fraction of sp³-hybridized carbons (Fsp3) is 0. The second-order valence-electron chi connectivity index (χ2n) is 2.23. The van der Waals surface area contributed by atoms with Crippen LogP contribution in [-0.4, -0.2) is 0 Å². The summed E-state index contributed by atoms with van der Waals surface area (Å²) in [5, 5.41) is 0. The minimum Gasteiger partial charge on any atom is -0.143 e. The normalized spacial score (nSPS) is 9.18. The Hall–Kier alpha value is -0.950. The molecule has 0 heterocycles. The highest BCUT2D eigenvalue weighted by Crippen LogP contribution is 2.17. The van der Waals surface area contributed by atoms with E-state index in [2.05, 4.69) is 25.8 Å². The van der Waals surface area contributed by atoms with Crippen molar-refractivity contribution in [2.24, 2.45) is 0 Å². The molecule has 1 aromatic rings. The van der Waals surface area contributed by atoms with Crippen LogP contribution in [0.15, 0.2) is 36.3 Å². The third-order valence-electron chi connectivity index (χ3n) is 1.51. The highest BCUT2D eigenvalue weighted by molar-refractivity contribution is 7.80. The lowest BCUT2D eigenvalue weighted by Gasteiger charge is -1.99. The van der Waals surface area contributed by atoms with Gasteiger partial charge >= 0.3 is 0 Å².